The molecule has 158 valence electrons. The monoisotopic (exact) mass is 434 g/mol. The van der Waals surface area contributed by atoms with Crippen molar-refractivity contribution in [2.45, 2.75) is 32.7 Å². The van der Waals surface area contributed by atoms with Gasteiger partial charge in [-0.3, -0.25) is 4.79 Å². The van der Waals surface area contributed by atoms with Crippen molar-refractivity contribution in [2.24, 2.45) is 0 Å². The van der Waals surface area contributed by atoms with Crippen molar-refractivity contribution in [3.05, 3.63) is 70.7 Å². The lowest BCUT2D eigenvalue weighted by atomic mass is 10.1. The van der Waals surface area contributed by atoms with Gasteiger partial charge in [0, 0.05) is 29.6 Å². The summed E-state index contributed by atoms with van der Waals surface area (Å²) in [6.07, 6.45) is -4.42. The third-order valence-electron chi connectivity index (χ3n) is 4.64. The van der Waals surface area contributed by atoms with Crippen LogP contribution in [0.25, 0.3) is 10.6 Å². The van der Waals surface area contributed by atoms with Crippen LogP contribution in [0.1, 0.15) is 35.5 Å². The van der Waals surface area contributed by atoms with Gasteiger partial charge in [-0.25, -0.2) is 4.98 Å². The van der Waals surface area contributed by atoms with E-state index in [0.717, 1.165) is 11.6 Å². The Bertz CT molecular complexity index is 1010. The second-order valence-electron chi connectivity index (χ2n) is 7.02. The normalized spacial score (nSPS) is 11.6. The molecule has 4 nitrogen and oxygen atoms in total. The zero-order valence-corrected chi connectivity index (χ0v) is 17.6. The minimum Gasteiger partial charge on any atom is -0.489 e. The molecule has 0 atom stereocenters. The third kappa shape index (κ3) is 4.99. The van der Waals surface area contributed by atoms with Gasteiger partial charge in [0.1, 0.15) is 23.1 Å². The van der Waals surface area contributed by atoms with Crippen LogP contribution in [0.4, 0.5) is 13.2 Å². The number of nitrogens with zero attached hydrogens (tertiary/aromatic N) is 2. The first-order valence-corrected chi connectivity index (χ1v) is 10.2. The van der Waals surface area contributed by atoms with Gasteiger partial charge in [0.25, 0.3) is 5.91 Å². The van der Waals surface area contributed by atoms with E-state index < -0.39 is 11.7 Å². The Kier molecular flexibility index (Phi) is 6.45. The Labute approximate surface area is 176 Å². The molecule has 0 aliphatic carbocycles. The maximum Gasteiger partial charge on any atom is 0.416 e. The van der Waals surface area contributed by atoms with Gasteiger partial charge >= 0.3 is 6.18 Å². The molecule has 0 saturated carbocycles. The molecule has 0 bridgehead atoms. The molecule has 0 aliphatic rings. The first-order valence-electron chi connectivity index (χ1n) is 9.28. The van der Waals surface area contributed by atoms with Gasteiger partial charge in [-0.15, -0.1) is 11.3 Å². The Morgan fingerprint density at radius 3 is 2.43 bits per heavy atom. The quantitative estimate of drug-likeness (QED) is 0.486. The lowest BCUT2D eigenvalue weighted by Gasteiger charge is -2.19. The van der Waals surface area contributed by atoms with Gasteiger partial charge in [0.15, 0.2) is 0 Å². The highest BCUT2D eigenvalue weighted by Crippen LogP contribution is 2.32. The average molecular weight is 434 g/mol. The molecule has 1 heterocycles. The molecule has 0 aliphatic heterocycles. The maximum absolute atomic E-state index is 13.1. The van der Waals surface area contributed by atoms with Crippen molar-refractivity contribution in [1.82, 2.24) is 9.88 Å². The number of hydrogen-bond acceptors (Lipinski definition) is 4. The lowest BCUT2D eigenvalue weighted by molar-refractivity contribution is -0.138. The largest absolute Gasteiger partial charge is 0.489 e. The Balaban J connectivity index is 1.69. The molecule has 1 aromatic heterocycles. The number of thiazole rings is 1. The summed E-state index contributed by atoms with van der Waals surface area (Å²) in [5.41, 5.74) is 0.559. The second kappa shape index (κ2) is 8.87. The molecular formula is C22H21F3N2O2S. The van der Waals surface area contributed by atoms with E-state index in [2.05, 4.69) is 4.98 Å². The number of hydrogen-bond donors (Lipinski definition) is 0. The number of aromatic nitrogens is 1. The van der Waals surface area contributed by atoms with Crippen LogP contribution in [0, 0.1) is 0 Å². The van der Waals surface area contributed by atoms with Crippen molar-refractivity contribution in [1.29, 1.82) is 0 Å². The lowest BCUT2D eigenvalue weighted by Crippen LogP contribution is -2.33. The van der Waals surface area contributed by atoms with Crippen molar-refractivity contribution < 1.29 is 22.7 Å². The predicted molar refractivity (Wildman–Crippen MR) is 111 cm³/mol. The van der Waals surface area contributed by atoms with E-state index in [9.17, 15) is 18.0 Å². The van der Waals surface area contributed by atoms with Gasteiger partial charge in [-0.05, 0) is 44.2 Å². The van der Waals surface area contributed by atoms with Crippen LogP contribution in [0.5, 0.6) is 5.75 Å². The summed E-state index contributed by atoms with van der Waals surface area (Å²) in [5, 5.41) is 2.40. The van der Waals surface area contributed by atoms with Crippen LogP contribution in [0.15, 0.2) is 53.9 Å². The van der Waals surface area contributed by atoms with Crippen LogP contribution in [0.2, 0.25) is 0 Å². The number of benzene rings is 2. The number of alkyl halides is 3. The number of amides is 1. The van der Waals surface area contributed by atoms with E-state index in [1.54, 1.807) is 47.7 Å². The molecule has 0 unspecified atom stereocenters. The highest BCUT2D eigenvalue weighted by molar-refractivity contribution is 7.13. The van der Waals surface area contributed by atoms with Crippen LogP contribution in [0.3, 0.4) is 0 Å². The average Bonchev–Trinajstić information content (AvgIpc) is 3.21. The number of halogens is 3. The van der Waals surface area contributed by atoms with Crippen LogP contribution < -0.4 is 4.74 Å². The Morgan fingerprint density at radius 2 is 1.80 bits per heavy atom. The molecule has 30 heavy (non-hydrogen) atoms. The number of ether oxygens (including phenoxy) is 1. The smallest absolute Gasteiger partial charge is 0.416 e. The van der Waals surface area contributed by atoms with E-state index in [0.29, 0.717) is 16.5 Å². The zero-order valence-electron chi connectivity index (χ0n) is 16.7. The van der Waals surface area contributed by atoms with Gasteiger partial charge in [0.05, 0.1) is 5.56 Å². The summed E-state index contributed by atoms with van der Waals surface area (Å²) in [4.78, 5) is 18.4. The SMILES string of the molecule is CC(C)N(C)C(=O)c1csc(-c2ccc(OCc3ccccc3C(F)(F)F)cc2)n1. The van der Waals surface area contributed by atoms with E-state index in [-0.39, 0.29) is 24.1 Å². The molecule has 0 spiro atoms. The number of carbonyl (C=O) groups excluding carboxylic acids is 1. The summed E-state index contributed by atoms with van der Waals surface area (Å²) < 4.78 is 44.8. The first-order chi connectivity index (χ1) is 14.2. The minimum absolute atomic E-state index is 0.0709. The first kappa shape index (κ1) is 21.8. The molecule has 1 amide bonds. The highest BCUT2D eigenvalue weighted by atomic mass is 32.1. The fourth-order valence-corrected chi connectivity index (χ4v) is 3.50. The van der Waals surface area contributed by atoms with E-state index in [1.165, 1.54) is 23.5 Å². The number of carbonyl (C=O) groups is 1. The molecule has 3 rings (SSSR count). The molecule has 2 aromatic carbocycles. The third-order valence-corrected chi connectivity index (χ3v) is 5.53. The fourth-order valence-electron chi connectivity index (χ4n) is 2.70. The van der Waals surface area contributed by atoms with Crippen LogP contribution in [-0.2, 0) is 12.8 Å². The Hall–Kier alpha value is -2.87. The van der Waals surface area contributed by atoms with E-state index >= 15 is 0 Å². The zero-order chi connectivity index (χ0) is 21.9. The number of rotatable bonds is 6. The highest BCUT2D eigenvalue weighted by Gasteiger charge is 2.33. The van der Waals surface area contributed by atoms with Gasteiger partial charge in [-0.2, -0.15) is 13.2 Å². The summed E-state index contributed by atoms with van der Waals surface area (Å²) in [7, 11) is 1.73. The summed E-state index contributed by atoms with van der Waals surface area (Å²) in [6, 6.07) is 12.3. The second-order valence-corrected chi connectivity index (χ2v) is 7.87. The van der Waals surface area contributed by atoms with Gasteiger partial charge in [-0.1, -0.05) is 18.2 Å². The van der Waals surface area contributed by atoms with Crippen LogP contribution >= 0.6 is 11.3 Å². The molecule has 0 saturated heterocycles. The van der Waals surface area contributed by atoms with Crippen molar-refractivity contribution >= 4 is 17.2 Å². The molecule has 8 heteroatoms. The van der Waals surface area contributed by atoms with Crippen molar-refractivity contribution in [3.8, 4) is 16.3 Å². The molecule has 3 aromatic rings. The summed E-state index contributed by atoms with van der Waals surface area (Å²) in [6.45, 7) is 3.67. The van der Waals surface area contributed by atoms with E-state index in [4.69, 9.17) is 4.74 Å². The van der Waals surface area contributed by atoms with E-state index in [1.807, 2.05) is 13.8 Å². The molecule has 0 fully saturated rings. The molecular weight excluding hydrogens is 413 g/mol. The standard InChI is InChI=1S/C22H21F3N2O2S/c1-14(2)27(3)21(28)19-13-30-20(26-19)15-8-10-17(11-9-15)29-12-16-6-4-5-7-18(16)22(23,24)25/h4-11,13-14H,12H2,1-3H3. The summed E-state index contributed by atoms with van der Waals surface area (Å²) >= 11 is 1.36. The Morgan fingerprint density at radius 1 is 1.13 bits per heavy atom. The fraction of sp³-hybridized carbons (Fsp3) is 0.273. The predicted octanol–water partition coefficient (Wildman–Crippen LogP) is 5.89. The molecule has 0 radical (unpaired) electrons. The summed E-state index contributed by atoms with van der Waals surface area (Å²) in [5.74, 6) is 0.305. The van der Waals surface area contributed by atoms with Crippen molar-refractivity contribution in [3.63, 3.8) is 0 Å². The van der Waals surface area contributed by atoms with Crippen LogP contribution in [-0.4, -0.2) is 28.9 Å². The molecule has 0 N–H and O–H groups in total. The minimum atomic E-state index is -4.42. The van der Waals surface area contributed by atoms with Gasteiger partial charge in [0.2, 0.25) is 0 Å². The van der Waals surface area contributed by atoms with Gasteiger partial charge < -0.3 is 9.64 Å². The van der Waals surface area contributed by atoms with Crippen molar-refractivity contribution in [2.75, 3.05) is 7.05 Å². The topological polar surface area (TPSA) is 42.4 Å². The maximum atomic E-state index is 13.1.